The first-order valence-electron chi connectivity index (χ1n) is 8.83. The van der Waals surface area contributed by atoms with E-state index in [9.17, 15) is 4.79 Å². The Kier molecular flexibility index (Phi) is 4.64. The Morgan fingerprint density at radius 3 is 2.58 bits per heavy atom. The Morgan fingerprint density at radius 1 is 1.08 bits per heavy atom. The molecule has 1 N–H and O–H groups in total. The lowest BCUT2D eigenvalue weighted by atomic mass is 9.99. The second-order valence-electron chi connectivity index (χ2n) is 6.56. The highest BCUT2D eigenvalue weighted by Crippen LogP contribution is 2.27. The van der Waals surface area contributed by atoms with Gasteiger partial charge in [-0.25, -0.2) is 9.48 Å². The zero-order chi connectivity index (χ0) is 17.8. The van der Waals surface area contributed by atoms with Crippen molar-refractivity contribution in [3.8, 4) is 0 Å². The van der Waals surface area contributed by atoms with Crippen LogP contribution in [-0.2, 0) is 6.54 Å². The fourth-order valence-corrected chi connectivity index (χ4v) is 3.33. The van der Waals surface area contributed by atoms with Gasteiger partial charge in [-0.3, -0.25) is 5.32 Å². The molecular weight excluding hydrogens is 326 g/mol. The number of rotatable bonds is 4. The zero-order valence-corrected chi connectivity index (χ0v) is 14.5. The van der Waals surface area contributed by atoms with Crippen molar-refractivity contribution in [1.82, 2.24) is 19.9 Å². The summed E-state index contributed by atoms with van der Waals surface area (Å²) in [6.45, 7) is 2.11. The molecule has 1 aliphatic heterocycles. The number of hydrogen-bond acceptors (Lipinski definition) is 3. The summed E-state index contributed by atoms with van der Waals surface area (Å²) >= 11 is 0. The van der Waals surface area contributed by atoms with E-state index in [0.717, 1.165) is 25.1 Å². The van der Waals surface area contributed by atoms with E-state index >= 15 is 0 Å². The lowest BCUT2D eigenvalue weighted by molar-refractivity contribution is 0.222. The Hall–Kier alpha value is -3.15. The number of aromatic nitrogens is 3. The van der Waals surface area contributed by atoms with Crippen molar-refractivity contribution in [2.24, 2.45) is 0 Å². The van der Waals surface area contributed by atoms with Gasteiger partial charge < -0.3 is 4.90 Å². The van der Waals surface area contributed by atoms with Gasteiger partial charge in [0, 0.05) is 19.0 Å². The van der Waals surface area contributed by atoms with Crippen LogP contribution < -0.4 is 5.32 Å². The summed E-state index contributed by atoms with van der Waals surface area (Å²) in [6.07, 6.45) is 2.74. The molecule has 2 amide bonds. The lowest BCUT2D eigenvalue weighted by Crippen LogP contribution is -2.32. The highest BCUT2D eigenvalue weighted by atomic mass is 16.2. The second kappa shape index (κ2) is 7.39. The summed E-state index contributed by atoms with van der Waals surface area (Å²) in [5, 5.41) is 11.0. The van der Waals surface area contributed by atoms with Crippen molar-refractivity contribution < 1.29 is 4.79 Å². The van der Waals surface area contributed by atoms with E-state index in [0.29, 0.717) is 18.3 Å². The first-order valence-corrected chi connectivity index (χ1v) is 8.83. The molecule has 132 valence electrons. The first-order chi connectivity index (χ1) is 12.8. The molecule has 0 aliphatic carbocycles. The SMILES string of the molecule is O=C(Nc1cn(Cc2ccccc2)nn1)N1CC[C@@H](c2ccccc2)C1. The minimum Gasteiger partial charge on any atom is -0.324 e. The largest absolute Gasteiger partial charge is 0.324 e. The van der Waals surface area contributed by atoms with Crippen LogP contribution >= 0.6 is 0 Å². The Bertz CT molecular complexity index is 862. The smallest absolute Gasteiger partial charge is 0.323 e. The van der Waals surface area contributed by atoms with Gasteiger partial charge in [0.25, 0.3) is 0 Å². The molecule has 1 aromatic heterocycles. The molecule has 4 rings (SSSR count). The number of amides is 2. The summed E-state index contributed by atoms with van der Waals surface area (Å²) in [6, 6.07) is 20.3. The minimum atomic E-state index is -0.116. The maximum atomic E-state index is 12.5. The molecule has 1 aliphatic rings. The zero-order valence-electron chi connectivity index (χ0n) is 14.5. The van der Waals surface area contributed by atoms with E-state index in [2.05, 4.69) is 27.8 Å². The van der Waals surface area contributed by atoms with Gasteiger partial charge in [-0.15, -0.1) is 5.10 Å². The van der Waals surface area contributed by atoms with Gasteiger partial charge >= 0.3 is 6.03 Å². The molecule has 0 bridgehead atoms. The number of carbonyl (C=O) groups is 1. The van der Waals surface area contributed by atoms with Gasteiger partial charge in [0.05, 0.1) is 12.7 Å². The Balaban J connectivity index is 1.34. The minimum absolute atomic E-state index is 0.116. The van der Waals surface area contributed by atoms with E-state index in [4.69, 9.17) is 0 Å². The van der Waals surface area contributed by atoms with Gasteiger partial charge in [0.15, 0.2) is 5.82 Å². The van der Waals surface area contributed by atoms with Gasteiger partial charge in [-0.05, 0) is 17.5 Å². The van der Waals surface area contributed by atoms with Crippen LogP contribution in [0.25, 0.3) is 0 Å². The quantitative estimate of drug-likeness (QED) is 0.787. The first kappa shape index (κ1) is 16.3. The van der Waals surface area contributed by atoms with Crippen LogP contribution in [0.2, 0.25) is 0 Å². The molecule has 0 saturated carbocycles. The number of benzene rings is 2. The number of likely N-dealkylation sites (tertiary alicyclic amines) is 1. The van der Waals surface area contributed by atoms with Crippen LogP contribution in [0.15, 0.2) is 66.9 Å². The van der Waals surface area contributed by atoms with Gasteiger partial charge in [0.2, 0.25) is 0 Å². The van der Waals surface area contributed by atoms with Crippen LogP contribution in [0.3, 0.4) is 0 Å². The summed E-state index contributed by atoms with van der Waals surface area (Å²) in [4.78, 5) is 14.3. The summed E-state index contributed by atoms with van der Waals surface area (Å²) < 4.78 is 1.72. The van der Waals surface area contributed by atoms with Crippen molar-refractivity contribution in [3.63, 3.8) is 0 Å². The van der Waals surface area contributed by atoms with Crippen molar-refractivity contribution >= 4 is 11.8 Å². The van der Waals surface area contributed by atoms with Crippen molar-refractivity contribution in [2.45, 2.75) is 18.9 Å². The molecule has 2 heterocycles. The molecule has 1 saturated heterocycles. The highest BCUT2D eigenvalue weighted by Gasteiger charge is 2.27. The topological polar surface area (TPSA) is 63.1 Å². The Morgan fingerprint density at radius 2 is 1.81 bits per heavy atom. The fourth-order valence-electron chi connectivity index (χ4n) is 3.33. The molecule has 0 spiro atoms. The second-order valence-corrected chi connectivity index (χ2v) is 6.56. The maximum absolute atomic E-state index is 12.5. The molecule has 26 heavy (non-hydrogen) atoms. The maximum Gasteiger partial charge on any atom is 0.323 e. The van der Waals surface area contributed by atoms with E-state index in [1.54, 1.807) is 10.9 Å². The molecule has 1 atom stereocenters. The monoisotopic (exact) mass is 347 g/mol. The summed E-state index contributed by atoms with van der Waals surface area (Å²) in [7, 11) is 0. The standard InChI is InChI=1S/C20H21N5O/c26-20(24-12-11-18(14-24)17-9-5-2-6-10-17)21-19-15-25(23-22-19)13-16-7-3-1-4-8-16/h1-10,15,18H,11-14H2,(H,21,26)/t18-/m1/s1. The number of anilines is 1. The average molecular weight is 347 g/mol. The summed E-state index contributed by atoms with van der Waals surface area (Å²) in [5.41, 5.74) is 2.43. The molecule has 0 radical (unpaired) electrons. The molecule has 6 nitrogen and oxygen atoms in total. The van der Waals surface area contributed by atoms with E-state index < -0.39 is 0 Å². The van der Waals surface area contributed by atoms with Crippen molar-refractivity contribution in [2.75, 3.05) is 18.4 Å². The number of nitrogens with one attached hydrogen (secondary N) is 1. The molecule has 0 unspecified atom stereocenters. The third-order valence-corrected chi connectivity index (χ3v) is 4.71. The highest BCUT2D eigenvalue weighted by molar-refractivity contribution is 5.88. The van der Waals surface area contributed by atoms with E-state index in [1.165, 1.54) is 5.56 Å². The number of hydrogen-bond donors (Lipinski definition) is 1. The summed E-state index contributed by atoms with van der Waals surface area (Å²) in [5.74, 6) is 0.879. The van der Waals surface area contributed by atoms with Crippen molar-refractivity contribution in [3.05, 3.63) is 78.0 Å². The Labute approximate surface area is 152 Å². The number of nitrogens with zero attached hydrogens (tertiary/aromatic N) is 4. The average Bonchev–Trinajstić information content (AvgIpc) is 3.33. The molecule has 3 aromatic rings. The van der Waals surface area contributed by atoms with Crippen LogP contribution in [-0.4, -0.2) is 39.0 Å². The van der Waals surface area contributed by atoms with Crippen LogP contribution in [0.1, 0.15) is 23.5 Å². The molecular formula is C20H21N5O. The van der Waals surface area contributed by atoms with Gasteiger partial charge in [-0.2, -0.15) is 0 Å². The fraction of sp³-hybridized carbons (Fsp3) is 0.250. The van der Waals surface area contributed by atoms with Crippen LogP contribution in [0.5, 0.6) is 0 Å². The number of urea groups is 1. The molecule has 6 heteroatoms. The molecule has 1 fully saturated rings. The van der Waals surface area contributed by atoms with Crippen LogP contribution in [0.4, 0.5) is 10.6 Å². The third-order valence-electron chi connectivity index (χ3n) is 4.71. The van der Waals surface area contributed by atoms with Gasteiger partial charge in [0.1, 0.15) is 0 Å². The molecule has 2 aromatic carbocycles. The normalized spacial score (nSPS) is 16.6. The van der Waals surface area contributed by atoms with E-state index in [1.807, 2.05) is 53.4 Å². The number of carbonyl (C=O) groups excluding carboxylic acids is 1. The third kappa shape index (κ3) is 3.74. The van der Waals surface area contributed by atoms with E-state index in [-0.39, 0.29) is 6.03 Å². The van der Waals surface area contributed by atoms with Gasteiger partial charge in [-0.1, -0.05) is 65.9 Å². The van der Waals surface area contributed by atoms with Crippen LogP contribution in [0, 0.1) is 0 Å². The predicted octanol–water partition coefficient (Wildman–Crippen LogP) is 3.35. The lowest BCUT2D eigenvalue weighted by Gasteiger charge is -2.16. The van der Waals surface area contributed by atoms with Crippen molar-refractivity contribution in [1.29, 1.82) is 0 Å². The predicted molar refractivity (Wildman–Crippen MR) is 100.0 cm³/mol.